The Labute approximate surface area is 124 Å². The molecule has 1 amide bonds. The Balaban J connectivity index is 1.56. The molecule has 1 aliphatic carbocycles. The molecule has 2 unspecified atom stereocenters. The zero-order valence-electron chi connectivity index (χ0n) is 12.0. The lowest BCUT2D eigenvalue weighted by Crippen LogP contribution is -2.20. The first-order valence-corrected chi connectivity index (χ1v) is 7.19. The molecule has 0 radical (unpaired) electrons. The third kappa shape index (κ3) is 3.19. The molecular weight excluding hydrogens is 260 g/mol. The van der Waals surface area contributed by atoms with E-state index in [9.17, 15) is 4.79 Å². The van der Waals surface area contributed by atoms with E-state index in [2.05, 4.69) is 22.7 Å². The fourth-order valence-electron chi connectivity index (χ4n) is 2.53. The molecule has 2 aromatic rings. The van der Waals surface area contributed by atoms with Gasteiger partial charge in [0.15, 0.2) is 0 Å². The van der Waals surface area contributed by atoms with Gasteiger partial charge in [0.05, 0.1) is 6.21 Å². The number of aryl methyl sites for hydroxylation is 1. The largest absolute Gasteiger partial charge is 0.273 e. The van der Waals surface area contributed by atoms with Crippen LogP contribution in [0.3, 0.4) is 0 Å². The average Bonchev–Trinajstić information content (AvgIpc) is 3.31. The Morgan fingerprint density at radius 2 is 1.86 bits per heavy atom. The fourth-order valence-corrected chi connectivity index (χ4v) is 2.53. The number of amides is 1. The summed E-state index contributed by atoms with van der Waals surface area (Å²) >= 11 is 0. The zero-order valence-corrected chi connectivity index (χ0v) is 12.0. The maximum absolute atomic E-state index is 12.0. The first-order chi connectivity index (χ1) is 10.3. The normalized spacial score (nSPS) is 20.4. The summed E-state index contributed by atoms with van der Waals surface area (Å²) in [5, 5.41) is 4.07. The summed E-state index contributed by atoms with van der Waals surface area (Å²) in [5.74, 6) is 0.412. The van der Waals surface area contributed by atoms with Gasteiger partial charge in [-0.25, -0.2) is 5.43 Å². The molecule has 1 N–H and O–H groups in total. The number of hydrazone groups is 1. The molecular formula is C18H18N2O. The van der Waals surface area contributed by atoms with Crippen molar-refractivity contribution < 1.29 is 4.79 Å². The molecule has 1 fully saturated rings. The molecule has 2 aromatic carbocycles. The van der Waals surface area contributed by atoms with Crippen LogP contribution >= 0.6 is 0 Å². The number of carbonyl (C=O) groups excluding carboxylic acids is 1. The summed E-state index contributed by atoms with van der Waals surface area (Å²) in [7, 11) is 0. The highest BCUT2D eigenvalue weighted by Crippen LogP contribution is 2.47. The van der Waals surface area contributed by atoms with Crippen LogP contribution in [-0.4, -0.2) is 12.1 Å². The molecule has 3 nitrogen and oxygen atoms in total. The summed E-state index contributed by atoms with van der Waals surface area (Å²) in [5.41, 5.74) is 6.05. The monoisotopic (exact) mass is 278 g/mol. The van der Waals surface area contributed by atoms with Gasteiger partial charge in [0.1, 0.15) is 0 Å². The van der Waals surface area contributed by atoms with E-state index in [0.717, 1.165) is 17.5 Å². The van der Waals surface area contributed by atoms with E-state index in [-0.39, 0.29) is 11.8 Å². The summed E-state index contributed by atoms with van der Waals surface area (Å²) in [6.45, 7) is 2.02. The van der Waals surface area contributed by atoms with Gasteiger partial charge in [0, 0.05) is 5.92 Å². The predicted octanol–water partition coefficient (Wildman–Crippen LogP) is 3.25. The molecule has 1 aliphatic rings. The van der Waals surface area contributed by atoms with Gasteiger partial charge in [-0.3, -0.25) is 4.79 Å². The molecule has 0 saturated heterocycles. The van der Waals surface area contributed by atoms with Crippen molar-refractivity contribution in [3.63, 3.8) is 0 Å². The molecule has 3 heteroatoms. The van der Waals surface area contributed by atoms with Crippen molar-refractivity contribution in [2.24, 2.45) is 11.0 Å². The minimum Gasteiger partial charge on any atom is -0.273 e. The summed E-state index contributed by atoms with van der Waals surface area (Å²) in [6, 6.07) is 18.1. The Hall–Kier alpha value is -2.42. The molecule has 0 aliphatic heterocycles. The molecule has 1 saturated carbocycles. The Morgan fingerprint density at radius 3 is 2.62 bits per heavy atom. The van der Waals surface area contributed by atoms with Crippen LogP contribution in [0.4, 0.5) is 0 Å². The number of benzene rings is 2. The topological polar surface area (TPSA) is 41.5 Å². The van der Waals surface area contributed by atoms with Crippen molar-refractivity contribution in [1.82, 2.24) is 5.43 Å². The van der Waals surface area contributed by atoms with Gasteiger partial charge >= 0.3 is 0 Å². The second-order valence-corrected chi connectivity index (χ2v) is 5.45. The van der Waals surface area contributed by atoms with E-state index in [0.29, 0.717) is 5.92 Å². The number of nitrogens with zero attached hydrogens (tertiary/aromatic N) is 1. The van der Waals surface area contributed by atoms with Crippen LogP contribution in [0.25, 0.3) is 0 Å². The van der Waals surface area contributed by atoms with Crippen LogP contribution in [0.15, 0.2) is 59.7 Å². The van der Waals surface area contributed by atoms with E-state index < -0.39 is 0 Å². The lowest BCUT2D eigenvalue weighted by atomic mass is 10.1. The average molecular weight is 278 g/mol. The maximum atomic E-state index is 12.0. The minimum absolute atomic E-state index is 0.00804. The van der Waals surface area contributed by atoms with Gasteiger partial charge in [0.2, 0.25) is 5.91 Å². The predicted molar refractivity (Wildman–Crippen MR) is 84.2 cm³/mol. The summed E-state index contributed by atoms with van der Waals surface area (Å²) < 4.78 is 0. The molecule has 0 bridgehead atoms. The quantitative estimate of drug-likeness (QED) is 0.677. The van der Waals surface area contributed by atoms with Crippen LogP contribution in [0, 0.1) is 12.8 Å². The highest BCUT2D eigenvalue weighted by molar-refractivity contribution is 5.86. The molecule has 0 spiro atoms. The first kappa shape index (κ1) is 13.6. The molecule has 3 rings (SSSR count). The van der Waals surface area contributed by atoms with E-state index in [1.165, 1.54) is 5.56 Å². The van der Waals surface area contributed by atoms with Gasteiger partial charge in [-0.05, 0) is 36.0 Å². The number of rotatable bonds is 4. The van der Waals surface area contributed by atoms with Crippen molar-refractivity contribution in [2.75, 3.05) is 0 Å². The van der Waals surface area contributed by atoms with Crippen LogP contribution in [-0.2, 0) is 4.79 Å². The second-order valence-electron chi connectivity index (χ2n) is 5.45. The molecule has 106 valence electrons. The van der Waals surface area contributed by atoms with E-state index in [1.807, 2.05) is 49.4 Å². The SMILES string of the molecule is Cc1ccccc1/C=N/NC(=O)C1CC1c1ccccc1. The number of hydrogen-bond donors (Lipinski definition) is 1. The van der Waals surface area contributed by atoms with Crippen molar-refractivity contribution in [2.45, 2.75) is 19.3 Å². The highest BCUT2D eigenvalue weighted by atomic mass is 16.2. The lowest BCUT2D eigenvalue weighted by molar-refractivity contribution is -0.122. The zero-order chi connectivity index (χ0) is 14.7. The Bertz CT molecular complexity index is 664. The number of nitrogens with one attached hydrogen (secondary N) is 1. The minimum atomic E-state index is 0.00804. The molecule has 2 atom stereocenters. The van der Waals surface area contributed by atoms with Crippen LogP contribution < -0.4 is 5.43 Å². The summed E-state index contributed by atoms with van der Waals surface area (Å²) in [6.07, 6.45) is 2.61. The third-order valence-corrected chi connectivity index (χ3v) is 3.92. The van der Waals surface area contributed by atoms with Gasteiger partial charge < -0.3 is 0 Å². The van der Waals surface area contributed by atoms with E-state index in [1.54, 1.807) is 6.21 Å². The standard InChI is InChI=1S/C18H18N2O/c1-13-7-5-6-10-15(13)12-19-20-18(21)17-11-16(17)14-8-3-2-4-9-14/h2-10,12,16-17H,11H2,1H3,(H,20,21)/b19-12+. The number of carbonyl (C=O) groups is 1. The fraction of sp³-hybridized carbons (Fsp3) is 0.222. The lowest BCUT2D eigenvalue weighted by Gasteiger charge is -2.01. The first-order valence-electron chi connectivity index (χ1n) is 7.19. The molecule has 21 heavy (non-hydrogen) atoms. The summed E-state index contributed by atoms with van der Waals surface area (Å²) in [4.78, 5) is 12.0. The van der Waals surface area contributed by atoms with E-state index >= 15 is 0 Å². The third-order valence-electron chi connectivity index (χ3n) is 3.92. The molecule has 0 aromatic heterocycles. The van der Waals surface area contributed by atoms with Crippen LogP contribution in [0.2, 0.25) is 0 Å². The van der Waals surface area contributed by atoms with Crippen molar-refractivity contribution in [3.05, 3.63) is 71.3 Å². The van der Waals surface area contributed by atoms with E-state index in [4.69, 9.17) is 0 Å². The van der Waals surface area contributed by atoms with Crippen molar-refractivity contribution >= 4 is 12.1 Å². The second kappa shape index (κ2) is 5.92. The van der Waals surface area contributed by atoms with Crippen LogP contribution in [0.1, 0.15) is 29.0 Å². The highest BCUT2D eigenvalue weighted by Gasteiger charge is 2.43. The van der Waals surface area contributed by atoms with Gasteiger partial charge in [-0.15, -0.1) is 0 Å². The Morgan fingerprint density at radius 1 is 1.14 bits per heavy atom. The van der Waals surface area contributed by atoms with Crippen molar-refractivity contribution in [1.29, 1.82) is 0 Å². The van der Waals surface area contributed by atoms with Gasteiger partial charge in [-0.1, -0.05) is 54.6 Å². The van der Waals surface area contributed by atoms with Gasteiger partial charge in [-0.2, -0.15) is 5.10 Å². The molecule has 0 heterocycles. The van der Waals surface area contributed by atoms with Crippen LogP contribution in [0.5, 0.6) is 0 Å². The smallest absolute Gasteiger partial charge is 0.243 e. The Kier molecular flexibility index (Phi) is 3.82. The van der Waals surface area contributed by atoms with Crippen molar-refractivity contribution in [3.8, 4) is 0 Å². The van der Waals surface area contributed by atoms with Gasteiger partial charge in [0.25, 0.3) is 0 Å². The number of hydrogen-bond acceptors (Lipinski definition) is 2. The maximum Gasteiger partial charge on any atom is 0.243 e.